The average molecular weight is 234 g/mol. The molecule has 0 radical (unpaired) electrons. The van der Waals surface area contributed by atoms with Crippen molar-refractivity contribution in [3.63, 3.8) is 0 Å². The van der Waals surface area contributed by atoms with Gasteiger partial charge in [0.25, 0.3) is 5.91 Å². The van der Waals surface area contributed by atoms with E-state index in [0.29, 0.717) is 6.54 Å². The third-order valence-electron chi connectivity index (χ3n) is 3.16. The zero-order valence-corrected chi connectivity index (χ0v) is 10.7. The van der Waals surface area contributed by atoms with Crippen molar-refractivity contribution in [3.05, 3.63) is 11.9 Å². The van der Waals surface area contributed by atoms with Crippen LogP contribution in [0.15, 0.2) is 11.9 Å². The van der Waals surface area contributed by atoms with Gasteiger partial charge in [-0.3, -0.25) is 14.8 Å². The second-order valence-electron chi connectivity index (χ2n) is 4.49. The molecule has 1 N–H and O–H groups in total. The Morgan fingerprint density at radius 1 is 1.53 bits per heavy atom. The highest BCUT2D eigenvalue weighted by Gasteiger charge is 2.38. The lowest BCUT2D eigenvalue weighted by molar-refractivity contribution is -0.129. The summed E-state index contributed by atoms with van der Waals surface area (Å²) in [6, 6.07) is 0.294. The van der Waals surface area contributed by atoms with Crippen LogP contribution in [0.3, 0.4) is 0 Å². The number of carbonyl (C=O) groups is 1. The molecule has 2 unspecified atom stereocenters. The van der Waals surface area contributed by atoms with Gasteiger partial charge in [0.1, 0.15) is 0 Å². The van der Waals surface area contributed by atoms with Gasteiger partial charge in [-0.2, -0.15) is 0 Å². The van der Waals surface area contributed by atoms with Crippen molar-refractivity contribution >= 4 is 5.91 Å². The Morgan fingerprint density at radius 2 is 2.24 bits per heavy atom. The number of carbonyl (C=O) groups excluding carboxylic acids is 1. The number of hydrogen-bond acceptors (Lipinski definition) is 4. The summed E-state index contributed by atoms with van der Waals surface area (Å²) in [5, 5.41) is 4.01. The summed E-state index contributed by atoms with van der Waals surface area (Å²) in [6.07, 6.45) is 2.01. The van der Waals surface area contributed by atoms with E-state index >= 15 is 0 Å². The third kappa shape index (κ3) is 1.96. The molecule has 17 heavy (non-hydrogen) atoms. The van der Waals surface area contributed by atoms with E-state index in [-0.39, 0.29) is 18.0 Å². The van der Waals surface area contributed by atoms with Crippen molar-refractivity contribution in [1.82, 2.24) is 20.5 Å². The fourth-order valence-electron chi connectivity index (χ4n) is 2.30. The van der Waals surface area contributed by atoms with Crippen LogP contribution in [-0.2, 0) is 4.79 Å². The smallest absolute Gasteiger partial charge is 0.299 e. The zero-order chi connectivity index (χ0) is 12.6. The van der Waals surface area contributed by atoms with Gasteiger partial charge in [-0.05, 0) is 26.7 Å². The van der Waals surface area contributed by atoms with E-state index in [4.69, 9.17) is 0 Å². The Balaban J connectivity index is 2.24. The summed E-state index contributed by atoms with van der Waals surface area (Å²) in [5.74, 6) is 5.19. The van der Waals surface area contributed by atoms with Crippen molar-refractivity contribution < 1.29 is 4.79 Å². The Morgan fingerprint density at radius 3 is 2.88 bits per heavy atom. The molecule has 0 saturated carbocycles. The van der Waals surface area contributed by atoms with Crippen LogP contribution >= 0.6 is 0 Å². The fraction of sp³-hybridized carbons (Fsp3) is 0.583. The predicted molar refractivity (Wildman–Crippen MR) is 64.9 cm³/mol. The van der Waals surface area contributed by atoms with Gasteiger partial charge in [0.2, 0.25) is 0 Å². The largest absolute Gasteiger partial charge is 0.321 e. The molecule has 1 amide bonds. The lowest BCUT2D eigenvalue weighted by Crippen LogP contribution is -2.58. The average Bonchev–Trinajstić information content (AvgIpc) is 2.66. The van der Waals surface area contributed by atoms with Gasteiger partial charge in [-0.15, -0.1) is 5.53 Å². The molecule has 0 aromatic rings. The highest BCUT2D eigenvalue weighted by molar-refractivity contribution is 5.94. The maximum absolute atomic E-state index is 11.9. The number of fused-ring (bicyclic) bond motifs is 1. The van der Waals surface area contributed by atoms with E-state index in [1.165, 1.54) is 0 Å². The van der Waals surface area contributed by atoms with Gasteiger partial charge >= 0.3 is 0 Å². The molecule has 0 bridgehead atoms. The SMILES string of the molecule is CC#CC(=O)N1CC(C)N2NN(C)C=C2C1C. The molecule has 0 aliphatic carbocycles. The lowest BCUT2D eigenvalue weighted by atomic mass is 10.1. The van der Waals surface area contributed by atoms with Crippen LogP contribution in [0.4, 0.5) is 0 Å². The van der Waals surface area contributed by atoms with Crippen LogP contribution in [0.2, 0.25) is 0 Å². The minimum Gasteiger partial charge on any atom is -0.321 e. The normalized spacial score (nSPS) is 27.3. The zero-order valence-electron chi connectivity index (χ0n) is 10.7. The minimum atomic E-state index is -0.0954. The van der Waals surface area contributed by atoms with Gasteiger partial charge in [0, 0.05) is 19.8 Å². The Kier molecular flexibility index (Phi) is 2.99. The molecule has 2 rings (SSSR count). The van der Waals surface area contributed by atoms with Crippen molar-refractivity contribution in [1.29, 1.82) is 0 Å². The summed E-state index contributed by atoms with van der Waals surface area (Å²) in [7, 11) is 1.95. The number of hydrogen-bond donors (Lipinski definition) is 1. The third-order valence-corrected chi connectivity index (χ3v) is 3.16. The summed E-state index contributed by atoms with van der Waals surface area (Å²) in [4.78, 5) is 13.7. The molecule has 2 heterocycles. The van der Waals surface area contributed by atoms with Crippen LogP contribution in [0.25, 0.3) is 0 Å². The lowest BCUT2D eigenvalue weighted by Gasteiger charge is -2.43. The van der Waals surface area contributed by atoms with Crippen LogP contribution in [0, 0.1) is 11.8 Å². The quantitative estimate of drug-likeness (QED) is 0.605. The van der Waals surface area contributed by atoms with Crippen molar-refractivity contribution in [2.45, 2.75) is 32.9 Å². The van der Waals surface area contributed by atoms with Crippen molar-refractivity contribution in [2.75, 3.05) is 13.6 Å². The van der Waals surface area contributed by atoms with Crippen LogP contribution < -0.4 is 5.53 Å². The Labute approximate surface area is 102 Å². The Bertz CT molecular complexity index is 420. The molecular weight excluding hydrogens is 216 g/mol. The number of rotatable bonds is 0. The van der Waals surface area contributed by atoms with Crippen LogP contribution in [0.5, 0.6) is 0 Å². The molecule has 1 fully saturated rings. The second kappa shape index (κ2) is 4.30. The van der Waals surface area contributed by atoms with Gasteiger partial charge in [0.05, 0.1) is 17.8 Å². The highest BCUT2D eigenvalue weighted by Crippen LogP contribution is 2.26. The molecule has 2 aliphatic rings. The van der Waals surface area contributed by atoms with E-state index in [1.54, 1.807) is 6.92 Å². The highest BCUT2D eigenvalue weighted by atomic mass is 16.2. The van der Waals surface area contributed by atoms with Gasteiger partial charge in [-0.1, -0.05) is 5.92 Å². The summed E-state index contributed by atoms with van der Waals surface area (Å²) < 4.78 is 0. The molecule has 92 valence electrons. The topological polar surface area (TPSA) is 38.8 Å². The minimum absolute atomic E-state index is 0.0528. The number of amides is 1. The van der Waals surface area contributed by atoms with Gasteiger partial charge in [-0.25, -0.2) is 0 Å². The molecule has 1 saturated heterocycles. The Hall–Kier alpha value is -1.67. The first-order valence-corrected chi connectivity index (χ1v) is 5.78. The molecule has 0 spiro atoms. The van der Waals surface area contributed by atoms with E-state index in [0.717, 1.165) is 5.70 Å². The molecule has 0 aromatic carbocycles. The van der Waals surface area contributed by atoms with Crippen LogP contribution in [0.1, 0.15) is 20.8 Å². The molecule has 2 atom stereocenters. The number of piperazine rings is 1. The first kappa shape index (κ1) is 11.8. The number of hydrazine groups is 2. The van der Waals surface area contributed by atoms with E-state index < -0.39 is 0 Å². The molecule has 5 nitrogen and oxygen atoms in total. The second-order valence-corrected chi connectivity index (χ2v) is 4.49. The number of nitrogens with one attached hydrogen (secondary N) is 1. The maximum Gasteiger partial charge on any atom is 0.299 e. The first-order valence-electron chi connectivity index (χ1n) is 5.78. The summed E-state index contributed by atoms with van der Waals surface area (Å²) in [5.41, 5.74) is 4.34. The monoisotopic (exact) mass is 234 g/mol. The van der Waals surface area contributed by atoms with E-state index in [9.17, 15) is 4.79 Å². The maximum atomic E-state index is 11.9. The van der Waals surface area contributed by atoms with E-state index in [1.807, 2.05) is 30.1 Å². The molecular formula is C12H18N4O. The van der Waals surface area contributed by atoms with Gasteiger partial charge in [0.15, 0.2) is 0 Å². The van der Waals surface area contributed by atoms with Crippen molar-refractivity contribution in [2.24, 2.45) is 0 Å². The first-order chi connectivity index (χ1) is 8.04. The summed E-state index contributed by atoms with van der Waals surface area (Å²) >= 11 is 0. The predicted octanol–water partition coefficient (Wildman–Crippen LogP) is 0.137. The van der Waals surface area contributed by atoms with E-state index in [2.05, 4.69) is 29.3 Å². The van der Waals surface area contributed by atoms with Gasteiger partial charge < -0.3 is 4.90 Å². The number of nitrogens with zero attached hydrogens (tertiary/aromatic N) is 3. The fourth-order valence-corrected chi connectivity index (χ4v) is 2.30. The molecule has 0 aromatic heterocycles. The van der Waals surface area contributed by atoms with Crippen molar-refractivity contribution in [3.8, 4) is 11.8 Å². The molecule has 2 aliphatic heterocycles. The molecule has 5 heteroatoms. The standard InChI is InChI=1S/C12H18N4O/c1-5-6-12(17)15-7-9(2)16-11(10(15)3)8-14(4)13-16/h8-10,13H,7H2,1-4H3. The summed E-state index contributed by atoms with van der Waals surface area (Å²) in [6.45, 7) is 6.49. The van der Waals surface area contributed by atoms with Crippen LogP contribution in [-0.4, -0.2) is 46.5 Å².